The molecule has 2 aromatic rings. The van der Waals surface area contributed by atoms with E-state index in [0.717, 1.165) is 0 Å². The van der Waals surface area contributed by atoms with Crippen LogP contribution in [0.3, 0.4) is 0 Å². The van der Waals surface area contributed by atoms with E-state index in [2.05, 4.69) is 0 Å². The van der Waals surface area contributed by atoms with E-state index >= 15 is 0 Å². The first-order chi connectivity index (χ1) is 10.5. The number of hydrogen-bond donors (Lipinski definition) is 2. The normalized spacial score (nSPS) is 9.55. The first-order valence-electron chi connectivity index (χ1n) is 6.53. The Bertz CT molecular complexity index is 642. The van der Waals surface area contributed by atoms with E-state index < -0.39 is 18.2 Å². The summed E-state index contributed by atoms with van der Waals surface area (Å²) in [5.74, 6) is -1.19. The van der Waals surface area contributed by atoms with Crippen molar-refractivity contribution in [1.82, 2.24) is 0 Å². The van der Waals surface area contributed by atoms with Crippen molar-refractivity contribution in [3.8, 4) is 5.75 Å². The van der Waals surface area contributed by atoms with Gasteiger partial charge in [0.2, 0.25) is 5.78 Å². The van der Waals surface area contributed by atoms with Crippen LogP contribution in [0.25, 0.3) is 0 Å². The quantitative estimate of drug-likeness (QED) is 0.646. The number of phenolic OH excluding ortho intramolecular Hbond substituents is 1. The number of benzene rings is 1. The third kappa shape index (κ3) is 4.99. The summed E-state index contributed by atoms with van der Waals surface area (Å²) in [6.07, 6.45) is 1.59. The fraction of sp³-hybridized carbons (Fsp3) is 0.188. The minimum atomic E-state index is -0.544. The Morgan fingerprint density at radius 3 is 2.36 bits per heavy atom. The van der Waals surface area contributed by atoms with E-state index in [1.165, 1.54) is 30.5 Å². The van der Waals surface area contributed by atoms with Gasteiger partial charge in [-0.2, -0.15) is 0 Å². The van der Waals surface area contributed by atoms with E-state index in [4.69, 9.17) is 14.6 Å². The zero-order valence-corrected chi connectivity index (χ0v) is 12.0. The number of aromatic hydroxyl groups is 1. The number of aliphatic hydroxyl groups excluding tert-OH is 1. The molecule has 1 heterocycles. The summed E-state index contributed by atoms with van der Waals surface area (Å²) in [6, 6.07) is 8.94. The van der Waals surface area contributed by atoms with Crippen molar-refractivity contribution in [3.05, 3.63) is 54.0 Å². The summed E-state index contributed by atoms with van der Waals surface area (Å²) in [5.41, 5.74) is 0.326. The molecule has 0 aliphatic heterocycles. The molecule has 6 nitrogen and oxygen atoms in total. The highest BCUT2D eigenvalue weighted by atomic mass is 16.3. The van der Waals surface area contributed by atoms with Gasteiger partial charge in [0.25, 0.3) is 5.78 Å². The maximum atomic E-state index is 11.0. The van der Waals surface area contributed by atoms with Gasteiger partial charge < -0.3 is 14.6 Å². The summed E-state index contributed by atoms with van der Waals surface area (Å²) in [7, 11) is 0. The molecular formula is C16H16O6. The molecule has 116 valence electrons. The van der Waals surface area contributed by atoms with E-state index in [-0.39, 0.29) is 23.7 Å². The fourth-order valence-corrected chi connectivity index (χ4v) is 1.48. The van der Waals surface area contributed by atoms with Crippen molar-refractivity contribution >= 4 is 17.3 Å². The average molecular weight is 304 g/mol. The number of phenols is 1. The van der Waals surface area contributed by atoms with Gasteiger partial charge in [-0.3, -0.25) is 14.4 Å². The molecule has 1 aromatic heterocycles. The zero-order chi connectivity index (χ0) is 16.5. The Kier molecular flexibility index (Phi) is 6.72. The summed E-state index contributed by atoms with van der Waals surface area (Å²) in [6.45, 7) is 1.12. The van der Waals surface area contributed by atoms with Gasteiger partial charge in [-0.25, -0.2) is 0 Å². The molecule has 1 aromatic carbocycles. The molecule has 0 aliphatic rings. The van der Waals surface area contributed by atoms with Crippen molar-refractivity contribution in [1.29, 1.82) is 0 Å². The third-order valence-electron chi connectivity index (χ3n) is 2.63. The van der Waals surface area contributed by atoms with E-state index in [1.807, 2.05) is 0 Å². The fourth-order valence-electron chi connectivity index (χ4n) is 1.48. The molecule has 0 amide bonds. The van der Waals surface area contributed by atoms with Crippen LogP contribution in [0.2, 0.25) is 0 Å². The smallest absolute Gasteiger partial charge is 0.263 e. The van der Waals surface area contributed by atoms with Crippen molar-refractivity contribution in [3.63, 3.8) is 0 Å². The predicted octanol–water partition coefficient (Wildman–Crippen LogP) is 2.01. The SMILES string of the molecule is CCC(=O)C(=O)c1ccco1.O=C(CO)c1cccc(O)c1. The second-order valence-electron chi connectivity index (χ2n) is 4.21. The minimum Gasteiger partial charge on any atom is -0.508 e. The van der Waals surface area contributed by atoms with Crippen LogP contribution in [0.15, 0.2) is 47.1 Å². The van der Waals surface area contributed by atoms with Crippen LogP contribution >= 0.6 is 0 Å². The highest BCUT2D eigenvalue weighted by Crippen LogP contribution is 2.10. The molecule has 0 unspecified atom stereocenters. The van der Waals surface area contributed by atoms with E-state index in [0.29, 0.717) is 5.56 Å². The molecule has 0 spiro atoms. The van der Waals surface area contributed by atoms with E-state index in [9.17, 15) is 14.4 Å². The van der Waals surface area contributed by atoms with Crippen LogP contribution < -0.4 is 0 Å². The maximum Gasteiger partial charge on any atom is 0.263 e. The maximum absolute atomic E-state index is 11.0. The zero-order valence-electron chi connectivity index (χ0n) is 12.0. The lowest BCUT2D eigenvalue weighted by atomic mass is 10.1. The van der Waals surface area contributed by atoms with Crippen molar-refractivity contribution in [2.24, 2.45) is 0 Å². The topological polar surface area (TPSA) is 105 Å². The van der Waals surface area contributed by atoms with Crippen molar-refractivity contribution in [2.75, 3.05) is 6.61 Å². The molecule has 6 heteroatoms. The van der Waals surface area contributed by atoms with Crippen LogP contribution in [-0.2, 0) is 4.79 Å². The number of rotatable bonds is 5. The van der Waals surface area contributed by atoms with Gasteiger partial charge in [0.1, 0.15) is 12.4 Å². The van der Waals surface area contributed by atoms with Gasteiger partial charge in [-0.15, -0.1) is 0 Å². The standard InChI is InChI=1S/2C8H8O3/c1-2-6(9)8(10)7-4-3-5-11-7;9-5-8(11)6-2-1-3-7(10)4-6/h3-5H,2H2,1H3;1-4,9-10H,5H2. The Morgan fingerprint density at radius 1 is 1.14 bits per heavy atom. The third-order valence-corrected chi connectivity index (χ3v) is 2.63. The molecule has 0 bridgehead atoms. The summed E-state index contributed by atoms with van der Waals surface area (Å²) < 4.78 is 4.75. The Balaban J connectivity index is 0.000000220. The van der Waals surface area contributed by atoms with E-state index in [1.54, 1.807) is 19.1 Å². The monoisotopic (exact) mass is 304 g/mol. The average Bonchev–Trinajstić information content (AvgIpc) is 3.07. The van der Waals surface area contributed by atoms with Crippen LogP contribution in [0, 0.1) is 0 Å². The lowest BCUT2D eigenvalue weighted by molar-refractivity contribution is -0.114. The van der Waals surface area contributed by atoms with Crippen LogP contribution in [0.1, 0.15) is 34.3 Å². The number of aliphatic hydroxyl groups is 1. The van der Waals surface area contributed by atoms with Crippen LogP contribution in [0.5, 0.6) is 5.75 Å². The van der Waals surface area contributed by atoms with Crippen molar-refractivity contribution in [2.45, 2.75) is 13.3 Å². The molecule has 0 saturated carbocycles. The van der Waals surface area contributed by atoms with Gasteiger partial charge in [-0.1, -0.05) is 19.1 Å². The Hall–Kier alpha value is -2.73. The van der Waals surface area contributed by atoms with Crippen molar-refractivity contribution < 1.29 is 29.0 Å². The largest absolute Gasteiger partial charge is 0.508 e. The summed E-state index contributed by atoms with van der Waals surface area (Å²) in [4.78, 5) is 32.6. The number of furan rings is 1. The summed E-state index contributed by atoms with van der Waals surface area (Å²) in [5, 5.41) is 17.4. The molecule has 2 rings (SSSR count). The highest BCUT2D eigenvalue weighted by molar-refractivity contribution is 6.42. The number of carbonyl (C=O) groups excluding carboxylic acids is 3. The number of carbonyl (C=O) groups is 3. The lowest BCUT2D eigenvalue weighted by Crippen LogP contribution is -2.11. The number of ketones is 3. The molecular weight excluding hydrogens is 288 g/mol. The van der Waals surface area contributed by atoms with Gasteiger partial charge >= 0.3 is 0 Å². The van der Waals surface area contributed by atoms with Crippen LogP contribution in [0.4, 0.5) is 0 Å². The molecule has 0 aliphatic carbocycles. The van der Waals surface area contributed by atoms with Gasteiger partial charge in [-0.05, 0) is 24.3 Å². The van der Waals surface area contributed by atoms with Gasteiger partial charge in [0.15, 0.2) is 11.5 Å². The summed E-state index contributed by atoms with van der Waals surface area (Å²) >= 11 is 0. The second kappa shape index (κ2) is 8.53. The number of Topliss-reactive ketones (excluding diaryl/α,β-unsaturated/α-hetero) is 3. The van der Waals surface area contributed by atoms with Gasteiger partial charge in [0.05, 0.1) is 6.26 Å². The Morgan fingerprint density at radius 2 is 1.86 bits per heavy atom. The predicted molar refractivity (Wildman–Crippen MR) is 77.9 cm³/mol. The first-order valence-corrected chi connectivity index (χ1v) is 6.53. The first kappa shape index (κ1) is 17.3. The number of hydrogen-bond acceptors (Lipinski definition) is 6. The molecule has 0 radical (unpaired) electrons. The second-order valence-corrected chi connectivity index (χ2v) is 4.21. The lowest BCUT2D eigenvalue weighted by Gasteiger charge is -1.96. The molecule has 0 fully saturated rings. The van der Waals surface area contributed by atoms with Crippen LogP contribution in [-0.4, -0.2) is 34.2 Å². The molecule has 22 heavy (non-hydrogen) atoms. The molecule has 0 atom stereocenters. The minimum absolute atomic E-state index is 0.0318. The Labute approximate surface area is 127 Å². The van der Waals surface area contributed by atoms with Gasteiger partial charge in [0, 0.05) is 12.0 Å². The molecule has 0 saturated heterocycles. The molecule has 2 N–H and O–H groups in total. The highest BCUT2D eigenvalue weighted by Gasteiger charge is 2.15.